The molecule has 0 saturated carbocycles. The van der Waals surface area contributed by atoms with Crippen LogP contribution in [0.1, 0.15) is 11.1 Å². The standard InChI is InChI=1S/C25H25N3OS/c1-19-7-9-21(10-8-19)24-17-22(20-5-3-2-4-6-20)23(18-26)25(27-24)30-16-13-28-11-14-29-15-12-28/h2-10,17H,11-16H2,1H3. The first-order valence-corrected chi connectivity index (χ1v) is 11.2. The van der Waals surface area contributed by atoms with Gasteiger partial charge in [-0.25, -0.2) is 4.98 Å². The van der Waals surface area contributed by atoms with Crippen LogP contribution in [0, 0.1) is 18.3 Å². The highest BCUT2D eigenvalue weighted by atomic mass is 32.2. The van der Waals surface area contributed by atoms with Crippen LogP contribution in [0.3, 0.4) is 0 Å². The monoisotopic (exact) mass is 415 g/mol. The van der Waals surface area contributed by atoms with Crippen LogP contribution in [-0.2, 0) is 4.74 Å². The Balaban J connectivity index is 1.68. The van der Waals surface area contributed by atoms with Gasteiger partial charge in [0.05, 0.1) is 24.5 Å². The number of aromatic nitrogens is 1. The summed E-state index contributed by atoms with van der Waals surface area (Å²) in [6, 6.07) is 23.0. The lowest BCUT2D eigenvalue weighted by Gasteiger charge is -2.26. The highest BCUT2D eigenvalue weighted by Gasteiger charge is 2.17. The van der Waals surface area contributed by atoms with Crippen LogP contribution < -0.4 is 0 Å². The van der Waals surface area contributed by atoms with E-state index in [-0.39, 0.29) is 0 Å². The van der Waals surface area contributed by atoms with Crippen LogP contribution in [0.5, 0.6) is 0 Å². The van der Waals surface area contributed by atoms with Crippen molar-refractivity contribution in [3.8, 4) is 28.5 Å². The van der Waals surface area contributed by atoms with Gasteiger partial charge in [0.15, 0.2) is 0 Å². The minimum Gasteiger partial charge on any atom is -0.379 e. The minimum absolute atomic E-state index is 0.657. The van der Waals surface area contributed by atoms with Crippen molar-refractivity contribution in [2.45, 2.75) is 11.9 Å². The minimum atomic E-state index is 0.657. The van der Waals surface area contributed by atoms with Crippen molar-refractivity contribution in [2.75, 3.05) is 38.6 Å². The first-order chi connectivity index (χ1) is 14.7. The molecule has 30 heavy (non-hydrogen) atoms. The quantitative estimate of drug-likeness (QED) is 0.529. The zero-order valence-corrected chi connectivity index (χ0v) is 18.0. The summed E-state index contributed by atoms with van der Waals surface area (Å²) in [6.07, 6.45) is 0. The Hall–Kier alpha value is -2.65. The molecule has 0 bridgehead atoms. The van der Waals surface area contributed by atoms with E-state index in [1.165, 1.54) is 5.56 Å². The molecule has 5 heteroatoms. The topological polar surface area (TPSA) is 49.2 Å². The number of nitrogens with zero attached hydrogens (tertiary/aromatic N) is 3. The number of rotatable bonds is 6. The molecule has 0 spiro atoms. The van der Waals surface area contributed by atoms with E-state index in [0.29, 0.717) is 5.56 Å². The van der Waals surface area contributed by atoms with E-state index in [1.54, 1.807) is 11.8 Å². The molecule has 152 valence electrons. The highest BCUT2D eigenvalue weighted by molar-refractivity contribution is 7.99. The van der Waals surface area contributed by atoms with Crippen LogP contribution >= 0.6 is 11.8 Å². The molecule has 0 aliphatic carbocycles. The fraction of sp³-hybridized carbons (Fsp3) is 0.280. The maximum atomic E-state index is 9.98. The van der Waals surface area contributed by atoms with E-state index >= 15 is 0 Å². The highest BCUT2D eigenvalue weighted by Crippen LogP contribution is 2.34. The number of hydrogen-bond acceptors (Lipinski definition) is 5. The summed E-state index contributed by atoms with van der Waals surface area (Å²) in [5, 5.41) is 10.8. The summed E-state index contributed by atoms with van der Waals surface area (Å²) in [4.78, 5) is 7.32. The molecule has 0 amide bonds. The maximum Gasteiger partial charge on any atom is 0.115 e. The fourth-order valence-corrected chi connectivity index (χ4v) is 4.55. The molecular weight excluding hydrogens is 390 g/mol. The van der Waals surface area contributed by atoms with E-state index in [4.69, 9.17) is 9.72 Å². The molecule has 2 heterocycles. The molecule has 0 atom stereocenters. The van der Waals surface area contributed by atoms with Crippen molar-refractivity contribution in [2.24, 2.45) is 0 Å². The average molecular weight is 416 g/mol. The van der Waals surface area contributed by atoms with Gasteiger partial charge in [-0.1, -0.05) is 60.2 Å². The van der Waals surface area contributed by atoms with Crippen LogP contribution in [0.15, 0.2) is 65.7 Å². The molecule has 1 fully saturated rings. The summed E-state index contributed by atoms with van der Waals surface area (Å²) in [5.74, 6) is 0.896. The van der Waals surface area contributed by atoms with Crippen LogP contribution in [0.25, 0.3) is 22.4 Å². The van der Waals surface area contributed by atoms with Gasteiger partial charge in [0.2, 0.25) is 0 Å². The van der Waals surface area contributed by atoms with Gasteiger partial charge >= 0.3 is 0 Å². The largest absolute Gasteiger partial charge is 0.379 e. The first-order valence-electron chi connectivity index (χ1n) is 10.2. The van der Waals surface area contributed by atoms with E-state index < -0.39 is 0 Å². The van der Waals surface area contributed by atoms with Gasteiger partial charge in [-0.15, -0.1) is 11.8 Å². The number of pyridine rings is 1. The summed E-state index contributed by atoms with van der Waals surface area (Å²) in [5.41, 5.74) is 5.83. The number of ether oxygens (including phenoxy) is 1. The molecule has 4 rings (SSSR count). The predicted molar refractivity (Wildman–Crippen MR) is 123 cm³/mol. The van der Waals surface area contributed by atoms with Crippen molar-refractivity contribution in [1.29, 1.82) is 5.26 Å². The predicted octanol–water partition coefficient (Wildman–Crippen LogP) is 5.02. The smallest absolute Gasteiger partial charge is 0.115 e. The van der Waals surface area contributed by atoms with Crippen molar-refractivity contribution in [1.82, 2.24) is 9.88 Å². The third-order valence-electron chi connectivity index (χ3n) is 5.28. The third kappa shape index (κ3) is 4.91. The lowest BCUT2D eigenvalue weighted by molar-refractivity contribution is 0.0410. The second-order valence-corrected chi connectivity index (χ2v) is 8.47. The van der Waals surface area contributed by atoms with Gasteiger partial charge in [0.1, 0.15) is 11.1 Å². The normalized spacial score (nSPS) is 14.4. The number of morpholine rings is 1. The molecule has 1 aromatic heterocycles. The molecule has 0 radical (unpaired) electrons. The van der Waals surface area contributed by atoms with Crippen molar-refractivity contribution in [3.63, 3.8) is 0 Å². The Morgan fingerprint density at radius 2 is 1.77 bits per heavy atom. The Labute approximate surface area is 182 Å². The van der Waals surface area contributed by atoms with Crippen molar-refractivity contribution >= 4 is 11.8 Å². The number of aryl methyl sites for hydroxylation is 1. The van der Waals surface area contributed by atoms with E-state index in [2.05, 4.69) is 54.3 Å². The average Bonchev–Trinajstić information content (AvgIpc) is 2.80. The second-order valence-electron chi connectivity index (χ2n) is 7.38. The molecular formula is C25H25N3OS. The Morgan fingerprint density at radius 1 is 1.03 bits per heavy atom. The summed E-state index contributed by atoms with van der Waals surface area (Å²) in [6.45, 7) is 6.59. The maximum absolute atomic E-state index is 9.98. The SMILES string of the molecule is Cc1ccc(-c2cc(-c3ccccc3)c(C#N)c(SCCN3CCOCC3)n2)cc1. The summed E-state index contributed by atoms with van der Waals surface area (Å²) in [7, 11) is 0. The van der Waals surface area contributed by atoms with Gasteiger partial charge in [-0.2, -0.15) is 5.26 Å². The van der Waals surface area contributed by atoms with Crippen molar-refractivity contribution in [3.05, 3.63) is 71.8 Å². The third-order valence-corrected chi connectivity index (χ3v) is 6.24. The molecule has 1 saturated heterocycles. The van der Waals surface area contributed by atoms with Gasteiger partial charge in [-0.3, -0.25) is 4.90 Å². The van der Waals surface area contributed by atoms with Gasteiger partial charge in [0, 0.05) is 36.5 Å². The molecule has 1 aliphatic heterocycles. The van der Waals surface area contributed by atoms with Crippen molar-refractivity contribution < 1.29 is 4.74 Å². The number of benzene rings is 2. The molecule has 0 unspecified atom stereocenters. The Kier molecular flexibility index (Phi) is 6.81. The Morgan fingerprint density at radius 3 is 2.47 bits per heavy atom. The number of thioether (sulfide) groups is 1. The van der Waals surface area contributed by atoms with Crippen LogP contribution in [0.4, 0.5) is 0 Å². The van der Waals surface area contributed by atoms with Gasteiger partial charge in [-0.05, 0) is 18.6 Å². The number of nitriles is 1. The van der Waals surface area contributed by atoms with Gasteiger partial charge < -0.3 is 4.74 Å². The molecule has 4 nitrogen and oxygen atoms in total. The Bertz CT molecular complexity index is 1020. The zero-order chi connectivity index (χ0) is 20.8. The lowest BCUT2D eigenvalue weighted by atomic mass is 9.99. The second kappa shape index (κ2) is 9.90. The number of hydrogen-bond donors (Lipinski definition) is 0. The molecule has 1 aliphatic rings. The van der Waals surface area contributed by atoms with E-state index in [1.807, 2.05) is 24.3 Å². The zero-order valence-electron chi connectivity index (χ0n) is 17.2. The van der Waals surface area contributed by atoms with Crippen LogP contribution in [0.2, 0.25) is 0 Å². The molecule has 0 N–H and O–H groups in total. The first kappa shape index (κ1) is 20.6. The van der Waals surface area contributed by atoms with E-state index in [9.17, 15) is 5.26 Å². The van der Waals surface area contributed by atoms with E-state index in [0.717, 1.165) is 66.0 Å². The van der Waals surface area contributed by atoms with Gasteiger partial charge in [0.25, 0.3) is 0 Å². The summed E-state index contributed by atoms with van der Waals surface area (Å²) >= 11 is 1.67. The molecule has 3 aromatic rings. The summed E-state index contributed by atoms with van der Waals surface area (Å²) < 4.78 is 5.43. The lowest BCUT2D eigenvalue weighted by Crippen LogP contribution is -2.37. The molecule has 2 aromatic carbocycles. The fourth-order valence-electron chi connectivity index (χ4n) is 3.55. The van der Waals surface area contributed by atoms with Crippen LogP contribution in [-0.4, -0.2) is 48.5 Å².